The summed E-state index contributed by atoms with van der Waals surface area (Å²) in [6, 6.07) is 25.3. The van der Waals surface area contributed by atoms with Gasteiger partial charge in [-0.05, 0) is 120 Å². The van der Waals surface area contributed by atoms with Gasteiger partial charge in [-0.15, -0.1) is 10.2 Å². The van der Waals surface area contributed by atoms with Crippen molar-refractivity contribution in [1.82, 2.24) is 25.0 Å². The van der Waals surface area contributed by atoms with Gasteiger partial charge in [-0.1, -0.05) is 118 Å². The van der Waals surface area contributed by atoms with Crippen LogP contribution in [0.25, 0.3) is 11.1 Å². The van der Waals surface area contributed by atoms with E-state index in [2.05, 4.69) is 120 Å². The molecule has 0 radical (unpaired) electrons. The van der Waals surface area contributed by atoms with E-state index in [0.717, 1.165) is 61.0 Å². The summed E-state index contributed by atoms with van der Waals surface area (Å²) in [5.74, 6) is -0.599. The minimum Gasteiger partial charge on any atom is -0.476 e. The highest BCUT2D eigenvalue weighted by molar-refractivity contribution is 6.99. The number of anilines is 1. The first kappa shape index (κ1) is 44.5. The molecule has 10 nitrogen and oxygen atoms in total. The molecule has 0 saturated heterocycles. The van der Waals surface area contributed by atoms with Gasteiger partial charge in [0.1, 0.15) is 5.82 Å². The molecule has 0 spiro atoms. The predicted octanol–water partition coefficient (Wildman–Crippen LogP) is 10.1. The van der Waals surface area contributed by atoms with Crippen LogP contribution >= 0.6 is 23.2 Å². The first-order chi connectivity index (χ1) is 29.4. The molecule has 2 unspecified atom stereocenters. The zero-order chi connectivity index (χ0) is 44.1. The highest BCUT2D eigenvalue weighted by Gasteiger charge is 2.66. The Labute approximate surface area is 377 Å². The van der Waals surface area contributed by atoms with E-state index < -0.39 is 14.3 Å². The van der Waals surface area contributed by atoms with Gasteiger partial charge >= 0.3 is 5.97 Å². The number of aromatic nitrogens is 5. The fraction of sp³-hybridized carbons (Fsp3) is 0.490. The molecule has 4 fully saturated rings. The number of carboxylic acids is 1. The van der Waals surface area contributed by atoms with Gasteiger partial charge in [0.2, 0.25) is 0 Å². The van der Waals surface area contributed by atoms with E-state index in [1.54, 1.807) is 0 Å². The molecule has 328 valence electrons. The fourth-order valence-corrected chi connectivity index (χ4v) is 17.7. The third-order valence-corrected chi connectivity index (χ3v) is 19.7. The maximum absolute atomic E-state index is 12.7. The number of ether oxygens (including phenoxy) is 1. The molecule has 0 amide bonds. The fourth-order valence-electron chi connectivity index (χ4n) is 12.8. The lowest BCUT2D eigenvalue weighted by molar-refractivity contribution is -0.249. The second-order valence-electron chi connectivity index (χ2n) is 20.3. The predicted molar refractivity (Wildman–Crippen MR) is 249 cm³/mol. The lowest BCUT2D eigenvalue weighted by atomic mass is 9.39. The highest BCUT2D eigenvalue weighted by atomic mass is 35.5. The zero-order valence-electron chi connectivity index (χ0n) is 37.2. The van der Waals surface area contributed by atoms with Gasteiger partial charge in [0.25, 0.3) is 8.32 Å². The Bertz CT molecular complexity index is 2380. The summed E-state index contributed by atoms with van der Waals surface area (Å²) in [5, 5.41) is 29.5. The Kier molecular flexibility index (Phi) is 12.0. The summed E-state index contributed by atoms with van der Waals surface area (Å²) in [7, 11) is -2.69. The summed E-state index contributed by atoms with van der Waals surface area (Å²) in [5.41, 5.74) is 3.99. The molecule has 13 heteroatoms. The topological polar surface area (TPSA) is 124 Å². The number of halogens is 2. The minimum absolute atomic E-state index is 0.00671. The van der Waals surface area contributed by atoms with Crippen LogP contribution in [0, 0.1) is 30.1 Å². The molecule has 3 aromatic heterocycles. The molecule has 3 heterocycles. The first-order valence-electron chi connectivity index (χ1n) is 22.0. The van der Waals surface area contributed by atoms with Gasteiger partial charge < -0.3 is 19.6 Å². The third kappa shape index (κ3) is 8.48. The number of nitrogens with zero attached hydrogens (tertiary/aromatic N) is 5. The van der Waals surface area contributed by atoms with Gasteiger partial charge in [-0.25, -0.2) is 9.78 Å². The molecule has 5 aromatic rings. The zero-order valence-corrected chi connectivity index (χ0v) is 39.7. The Morgan fingerprint density at radius 3 is 2.08 bits per heavy atom. The van der Waals surface area contributed by atoms with Gasteiger partial charge in [-0.2, -0.15) is 5.10 Å². The number of rotatable bonds is 16. The minimum atomic E-state index is -2.69. The number of aromatic carboxylic acids is 1. The molecule has 4 aliphatic carbocycles. The van der Waals surface area contributed by atoms with Crippen molar-refractivity contribution in [1.29, 1.82) is 0 Å². The largest absolute Gasteiger partial charge is 0.476 e. The van der Waals surface area contributed by atoms with Crippen LogP contribution in [0.15, 0.2) is 79.0 Å². The second-order valence-corrected chi connectivity index (χ2v) is 25.4. The summed E-state index contributed by atoms with van der Waals surface area (Å²) in [4.78, 5) is 17.2. The Hall–Kier alpha value is -4.13. The molecule has 4 aliphatic rings. The van der Waals surface area contributed by atoms with Crippen LogP contribution in [-0.4, -0.2) is 69.7 Å². The van der Waals surface area contributed by atoms with E-state index in [0.29, 0.717) is 54.3 Å². The van der Waals surface area contributed by atoms with Crippen LogP contribution in [0.2, 0.25) is 15.3 Å². The van der Waals surface area contributed by atoms with Crippen molar-refractivity contribution in [3.8, 4) is 11.1 Å². The van der Waals surface area contributed by atoms with Crippen LogP contribution in [0.4, 0.5) is 5.82 Å². The average Bonchev–Trinajstić information content (AvgIpc) is 3.55. The van der Waals surface area contributed by atoms with Crippen molar-refractivity contribution in [2.24, 2.45) is 16.2 Å². The molecular weight excluding hydrogens is 836 g/mol. The molecule has 9 rings (SSSR count). The number of pyridine rings is 1. The van der Waals surface area contributed by atoms with Crippen molar-refractivity contribution in [3.63, 3.8) is 0 Å². The van der Waals surface area contributed by atoms with Crippen molar-refractivity contribution in [3.05, 3.63) is 112 Å². The van der Waals surface area contributed by atoms with E-state index in [9.17, 15) is 9.90 Å². The Morgan fingerprint density at radius 2 is 1.47 bits per heavy atom. The molecule has 2 N–H and O–H groups in total. The monoisotopic (exact) mass is 894 g/mol. The summed E-state index contributed by atoms with van der Waals surface area (Å²) >= 11 is 12.4. The van der Waals surface area contributed by atoms with E-state index >= 15 is 0 Å². The number of hydrogen-bond donors (Lipinski definition) is 2. The molecule has 4 saturated carbocycles. The third-order valence-electron chi connectivity index (χ3n) is 14.0. The van der Waals surface area contributed by atoms with Crippen molar-refractivity contribution in [2.75, 3.05) is 25.1 Å². The van der Waals surface area contributed by atoms with Crippen molar-refractivity contribution < 1.29 is 19.1 Å². The molecular formula is C49H60Cl2N6O4Si. The summed E-state index contributed by atoms with van der Waals surface area (Å²) in [6.07, 6.45) is 9.67. The number of benzene rings is 2. The van der Waals surface area contributed by atoms with Gasteiger partial charge in [-0.3, -0.25) is 4.68 Å². The smallest absolute Gasteiger partial charge is 0.355 e. The van der Waals surface area contributed by atoms with Gasteiger partial charge in [0.05, 0.1) is 25.0 Å². The van der Waals surface area contributed by atoms with Crippen molar-refractivity contribution in [2.45, 2.75) is 117 Å². The molecule has 2 atom stereocenters. The molecule has 0 aliphatic heterocycles. The Morgan fingerprint density at radius 1 is 0.839 bits per heavy atom. The number of hydrogen-bond acceptors (Lipinski definition) is 8. The lowest BCUT2D eigenvalue weighted by Crippen LogP contribution is -2.67. The van der Waals surface area contributed by atoms with E-state index in [4.69, 9.17) is 37.5 Å². The van der Waals surface area contributed by atoms with E-state index in [-0.39, 0.29) is 32.6 Å². The van der Waals surface area contributed by atoms with Crippen LogP contribution in [0.5, 0.6) is 0 Å². The van der Waals surface area contributed by atoms with Crippen LogP contribution in [0.1, 0.15) is 107 Å². The maximum Gasteiger partial charge on any atom is 0.355 e. The van der Waals surface area contributed by atoms with Crippen LogP contribution < -0.4 is 15.7 Å². The SMILES string of the molecule is Cc1c(Cl)nnc(Cl)c1CCCNc1ccc(-c2cnn(CC34CC5(C)CC(C)(C3)CC(OCCO[Si](c3ccccc3)(c3ccccc3)C(C)(C)C)(C5)C4)c2C)c(C(=O)O)n1. The molecule has 62 heavy (non-hydrogen) atoms. The van der Waals surface area contributed by atoms with E-state index in [1.807, 2.05) is 32.2 Å². The lowest BCUT2D eigenvalue weighted by Gasteiger charge is -2.69. The normalized spacial score (nSPS) is 24.4. The second kappa shape index (κ2) is 16.8. The Balaban J connectivity index is 0.981. The maximum atomic E-state index is 12.7. The average molecular weight is 896 g/mol. The summed E-state index contributed by atoms with van der Waals surface area (Å²) < 4.78 is 16.6. The molecule has 4 bridgehead atoms. The van der Waals surface area contributed by atoms with Crippen molar-refractivity contribution >= 4 is 53.7 Å². The van der Waals surface area contributed by atoms with E-state index in [1.165, 1.54) is 16.8 Å². The highest BCUT2D eigenvalue weighted by Crippen LogP contribution is 2.72. The number of nitrogens with one attached hydrogen (secondary N) is 1. The van der Waals surface area contributed by atoms with Crippen LogP contribution in [-0.2, 0) is 22.1 Å². The standard InChI is InChI=1S/C49H60Cl2N6O4Si/c1-33-37(43(51)56-55-42(33)50)19-14-22-52-40-21-20-38(41(54-40)44(58)59)39-25-53-57(34(39)2)32-48-27-46(6)26-47(7,28-48)30-49(29-46,31-48)60-23-24-61-62(45(3,4)5,35-15-10-8-11-16-35)36-17-12-9-13-18-36/h8-13,15-18,20-21,25H,14,19,22-24,26-32H2,1-7H3,(H,52,54)(H,58,59). The molecule has 2 aromatic carbocycles. The quantitative estimate of drug-likeness (QED) is 0.0736. The first-order valence-corrected chi connectivity index (χ1v) is 24.6. The van der Waals surface area contributed by atoms with Crippen LogP contribution in [0.3, 0.4) is 0 Å². The number of carbonyl (C=O) groups is 1. The van der Waals surface area contributed by atoms with Gasteiger partial charge in [0, 0.05) is 29.9 Å². The summed E-state index contributed by atoms with van der Waals surface area (Å²) in [6.45, 7) is 18.2. The number of carboxylic acid groups (broad SMARTS) is 1. The van der Waals surface area contributed by atoms with Gasteiger partial charge in [0.15, 0.2) is 16.0 Å².